The highest BCUT2D eigenvalue weighted by atomic mass is 19.3. The zero-order chi connectivity index (χ0) is 12.5. The normalized spacial score (nSPS) is 27.5. The molecule has 0 spiro atoms. The lowest BCUT2D eigenvalue weighted by Gasteiger charge is -2.35. The van der Waals surface area contributed by atoms with Crippen molar-refractivity contribution >= 4 is 5.91 Å². The third-order valence-corrected chi connectivity index (χ3v) is 3.93. The van der Waals surface area contributed by atoms with Crippen LogP contribution in [0.15, 0.2) is 0 Å². The van der Waals surface area contributed by atoms with Crippen molar-refractivity contribution < 1.29 is 13.6 Å². The van der Waals surface area contributed by atoms with Crippen LogP contribution in [0.4, 0.5) is 8.78 Å². The van der Waals surface area contributed by atoms with Crippen molar-refractivity contribution in [3.8, 4) is 0 Å². The van der Waals surface area contributed by atoms with Gasteiger partial charge in [-0.25, -0.2) is 8.78 Å². The molecule has 0 aromatic rings. The summed E-state index contributed by atoms with van der Waals surface area (Å²) in [7, 11) is 0. The first kappa shape index (κ1) is 12.7. The van der Waals surface area contributed by atoms with E-state index in [9.17, 15) is 13.6 Å². The summed E-state index contributed by atoms with van der Waals surface area (Å²) in [6, 6.07) is 0. The van der Waals surface area contributed by atoms with E-state index in [0.717, 1.165) is 26.4 Å². The van der Waals surface area contributed by atoms with Crippen LogP contribution in [0, 0.1) is 11.8 Å². The zero-order valence-electron chi connectivity index (χ0n) is 10.2. The molecule has 2 heterocycles. The van der Waals surface area contributed by atoms with Crippen molar-refractivity contribution in [3.63, 3.8) is 0 Å². The fourth-order valence-corrected chi connectivity index (χ4v) is 2.73. The molecule has 0 aliphatic carbocycles. The predicted molar refractivity (Wildman–Crippen MR) is 60.9 cm³/mol. The molecule has 17 heavy (non-hydrogen) atoms. The number of alkyl halides is 2. The van der Waals surface area contributed by atoms with Gasteiger partial charge in [-0.2, -0.15) is 0 Å². The van der Waals surface area contributed by atoms with Crippen LogP contribution < -0.4 is 5.32 Å². The molecule has 2 aliphatic rings. The number of piperidine rings is 1. The highest BCUT2D eigenvalue weighted by molar-refractivity contribution is 5.79. The quantitative estimate of drug-likeness (QED) is 0.800. The van der Waals surface area contributed by atoms with Crippen LogP contribution in [0.5, 0.6) is 0 Å². The number of carbonyl (C=O) groups excluding carboxylic acids is 1. The molecule has 1 N–H and O–H groups in total. The minimum atomic E-state index is -2.61. The third kappa shape index (κ3) is 2.94. The topological polar surface area (TPSA) is 32.3 Å². The number of nitrogens with one attached hydrogen (secondary N) is 1. The predicted octanol–water partition coefficient (Wildman–Crippen LogP) is 1.49. The number of amides is 1. The van der Waals surface area contributed by atoms with Crippen LogP contribution in [-0.2, 0) is 4.79 Å². The van der Waals surface area contributed by atoms with E-state index in [1.54, 1.807) is 4.90 Å². The Labute approximate surface area is 101 Å². The van der Waals surface area contributed by atoms with Gasteiger partial charge in [0.2, 0.25) is 11.8 Å². The Hall–Kier alpha value is -0.710. The molecular weight excluding hydrogens is 226 g/mol. The second kappa shape index (κ2) is 4.88. The van der Waals surface area contributed by atoms with E-state index in [1.165, 1.54) is 0 Å². The van der Waals surface area contributed by atoms with Gasteiger partial charge in [-0.1, -0.05) is 0 Å². The Morgan fingerprint density at radius 2 is 1.94 bits per heavy atom. The summed E-state index contributed by atoms with van der Waals surface area (Å²) >= 11 is 0. The molecular formula is C12H20F2N2O. The lowest BCUT2D eigenvalue weighted by molar-refractivity contribution is -0.139. The van der Waals surface area contributed by atoms with Gasteiger partial charge in [0.15, 0.2) is 0 Å². The van der Waals surface area contributed by atoms with Crippen molar-refractivity contribution in [1.82, 2.24) is 10.2 Å². The fraction of sp³-hybridized carbons (Fsp3) is 0.917. The van der Waals surface area contributed by atoms with E-state index in [-0.39, 0.29) is 11.8 Å². The number of hydrogen-bond acceptors (Lipinski definition) is 2. The Morgan fingerprint density at radius 3 is 2.41 bits per heavy atom. The standard InChI is InChI=1S/C12H20F2N2O/c1-12(13,14)10-3-6-16(7-4-10)11(17)9-2-5-15-8-9/h9-10,15H,2-8H2,1H3/t9-/m1/s1. The van der Waals surface area contributed by atoms with Gasteiger partial charge in [0.25, 0.3) is 0 Å². The maximum Gasteiger partial charge on any atom is 0.248 e. The van der Waals surface area contributed by atoms with Crippen molar-refractivity contribution in [2.75, 3.05) is 26.2 Å². The average Bonchev–Trinajstić information content (AvgIpc) is 2.80. The van der Waals surface area contributed by atoms with Crippen molar-refractivity contribution in [3.05, 3.63) is 0 Å². The van der Waals surface area contributed by atoms with Crippen molar-refractivity contribution in [1.29, 1.82) is 0 Å². The first-order valence-corrected chi connectivity index (χ1v) is 6.36. The van der Waals surface area contributed by atoms with Gasteiger partial charge in [0.1, 0.15) is 0 Å². The van der Waals surface area contributed by atoms with E-state index < -0.39 is 11.8 Å². The zero-order valence-corrected chi connectivity index (χ0v) is 10.2. The molecule has 0 bridgehead atoms. The molecule has 0 aromatic heterocycles. The number of carbonyl (C=O) groups is 1. The number of nitrogens with zero attached hydrogens (tertiary/aromatic N) is 1. The molecule has 2 saturated heterocycles. The van der Waals surface area contributed by atoms with Gasteiger partial charge in [-0.15, -0.1) is 0 Å². The minimum Gasteiger partial charge on any atom is -0.342 e. The maximum atomic E-state index is 13.1. The van der Waals surface area contributed by atoms with Gasteiger partial charge in [-0.05, 0) is 32.7 Å². The largest absolute Gasteiger partial charge is 0.342 e. The number of rotatable bonds is 2. The van der Waals surface area contributed by atoms with Gasteiger partial charge in [-0.3, -0.25) is 4.79 Å². The molecule has 0 saturated carbocycles. The van der Waals surface area contributed by atoms with Crippen LogP contribution in [0.3, 0.4) is 0 Å². The van der Waals surface area contributed by atoms with Gasteiger partial charge in [0.05, 0.1) is 5.92 Å². The van der Waals surface area contributed by atoms with E-state index >= 15 is 0 Å². The fourth-order valence-electron chi connectivity index (χ4n) is 2.73. The van der Waals surface area contributed by atoms with Crippen LogP contribution in [-0.4, -0.2) is 42.9 Å². The molecule has 3 nitrogen and oxygen atoms in total. The summed E-state index contributed by atoms with van der Waals surface area (Å²) in [5.41, 5.74) is 0. The second-order valence-corrected chi connectivity index (χ2v) is 5.25. The molecule has 1 atom stereocenters. The molecule has 0 unspecified atom stereocenters. The molecule has 2 rings (SSSR count). The molecule has 1 amide bonds. The average molecular weight is 246 g/mol. The molecule has 5 heteroatoms. The van der Waals surface area contributed by atoms with E-state index in [2.05, 4.69) is 5.32 Å². The van der Waals surface area contributed by atoms with Gasteiger partial charge < -0.3 is 10.2 Å². The van der Waals surface area contributed by atoms with Crippen LogP contribution >= 0.6 is 0 Å². The number of halogens is 2. The SMILES string of the molecule is CC(F)(F)C1CCN(C(=O)[C@@H]2CCNC2)CC1. The molecule has 98 valence electrons. The monoisotopic (exact) mass is 246 g/mol. The Kier molecular flexibility index (Phi) is 3.66. The van der Waals surface area contributed by atoms with E-state index in [0.29, 0.717) is 25.9 Å². The maximum absolute atomic E-state index is 13.1. The minimum absolute atomic E-state index is 0.0636. The number of likely N-dealkylation sites (tertiary alicyclic amines) is 1. The van der Waals surface area contributed by atoms with E-state index in [4.69, 9.17) is 0 Å². The summed E-state index contributed by atoms with van der Waals surface area (Å²) in [6.07, 6.45) is 1.73. The Morgan fingerprint density at radius 1 is 1.29 bits per heavy atom. The third-order valence-electron chi connectivity index (χ3n) is 3.93. The molecule has 0 radical (unpaired) electrons. The lowest BCUT2D eigenvalue weighted by atomic mass is 9.90. The van der Waals surface area contributed by atoms with Gasteiger partial charge in [0, 0.05) is 25.6 Å². The van der Waals surface area contributed by atoms with Crippen molar-refractivity contribution in [2.24, 2.45) is 11.8 Å². The number of hydrogen-bond donors (Lipinski definition) is 1. The summed E-state index contributed by atoms with van der Waals surface area (Å²) in [4.78, 5) is 13.8. The molecule has 2 fully saturated rings. The summed E-state index contributed by atoms with van der Waals surface area (Å²) in [6.45, 7) is 3.59. The first-order chi connectivity index (χ1) is 7.98. The van der Waals surface area contributed by atoms with E-state index in [1.807, 2.05) is 0 Å². The summed E-state index contributed by atoms with van der Waals surface area (Å²) in [5.74, 6) is -2.96. The smallest absolute Gasteiger partial charge is 0.248 e. The van der Waals surface area contributed by atoms with Crippen molar-refractivity contribution in [2.45, 2.75) is 32.1 Å². The van der Waals surface area contributed by atoms with Crippen LogP contribution in [0.1, 0.15) is 26.2 Å². The van der Waals surface area contributed by atoms with Crippen LogP contribution in [0.25, 0.3) is 0 Å². The summed E-state index contributed by atoms with van der Waals surface area (Å²) < 4.78 is 26.2. The lowest BCUT2D eigenvalue weighted by Crippen LogP contribution is -2.45. The highest BCUT2D eigenvalue weighted by Gasteiger charge is 2.38. The van der Waals surface area contributed by atoms with Gasteiger partial charge >= 0.3 is 0 Å². The van der Waals surface area contributed by atoms with Crippen LogP contribution in [0.2, 0.25) is 0 Å². The first-order valence-electron chi connectivity index (χ1n) is 6.36. The molecule has 0 aromatic carbocycles. The molecule has 2 aliphatic heterocycles. The Bertz CT molecular complexity index is 277. The second-order valence-electron chi connectivity index (χ2n) is 5.25. The Balaban J connectivity index is 1.84. The highest BCUT2D eigenvalue weighted by Crippen LogP contribution is 2.33. The summed E-state index contributed by atoms with van der Waals surface area (Å²) in [5, 5.41) is 3.16.